The van der Waals surface area contributed by atoms with Gasteiger partial charge in [0.25, 0.3) is 16.6 Å². The fourth-order valence-corrected chi connectivity index (χ4v) is 4.47. The molecule has 0 aliphatic rings. The van der Waals surface area contributed by atoms with Gasteiger partial charge in [-0.2, -0.15) is 28.9 Å². The predicted octanol–water partition coefficient (Wildman–Crippen LogP) is 8.76. The molecule has 5 aromatic carbocycles. The molecular weight excluding hydrogens is 570 g/mol. The summed E-state index contributed by atoms with van der Waals surface area (Å²) in [7, 11) is -4.47. The van der Waals surface area contributed by atoms with Gasteiger partial charge in [-0.25, -0.2) is 0 Å². The van der Waals surface area contributed by atoms with E-state index >= 15 is 0 Å². The number of hydrogen-bond acceptors (Lipinski definition) is 11. The average Bonchev–Trinajstić information content (AvgIpc) is 2.99. The van der Waals surface area contributed by atoms with Gasteiger partial charge in [-0.1, -0.05) is 6.07 Å². The van der Waals surface area contributed by atoms with Gasteiger partial charge < -0.3 is 10.5 Å². The Balaban J connectivity index is 1.43. The fourth-order valence-electron chi connectivity index (χ4n) is 3.97. The number of nitrogens with two attached hydrogens (primary N) is 1. The van der Waals surface area contributed by atoms with Crippen LogP contribution in [0.2, 0.25) is 0 Å². The van der Waals surface area contributed by atoms with E-state index in [1.807, 2.05) is 6.92 Å². The fraction of sp³-hybridized carbons (Fsp3) is 0.0333. The highest BCUT2D eigenvalue weighted by atomic mass is 32.2. The predicted molar refractivity (Wildman–Crippen MR) is 161 cm³/mol. The lowest BCUT2D eigenvalue weighted by Gasteiger charge is -2.07. The molecular formula is C30H23N7O5S. The number of hydrogen-bond donors (Lipinski definition) is 2. The van der Waals surface area contributed by atoms with Crippen molar-refractivity contribution in [2.75, 3.05) is 5.73 Å². The molecule has 0 saturated carbocycles. The summed E-state index contributed by atoms with van der Waals surface area (Å²) in [5.74, 6) is 0.402. The number of nitrogens with zero attached hydrogens (tertiary/aromatic N) is 6. The standard InChI is InChI=1S/C30H23N7O5S/c1-19-16-23(8-13-28(19)35-32-22-6-9-24(10-7-22)42-18-38)34-37-30-15-14-29(36-33-21-4-2-20(31)3-5-21)26-12-11-25(17-27(26)30)43(39,40)41/h2-18H,31H2,1H3,(H,39,40,41). The Morgan fingerprint density at radius 3 is 1.79 bits per heavy atom. The first-order valence-corrected chi connectivity index (χ1v) is 14.1. The minimum atomic E-state index is -4.47. The van der Waals surface area contributed by atoms with E-state index in [0.717, 1.165) is 5.56 Å². The molecule has 0 saturated heterocycles. The lowest BCUT2D eigenvalue weighted by atomic mass is 10.1. The molecule has 0 heterocycles. The summed E-state index contributed by atoms with van der Waals surface area (Å²) in [5.41, 5.74) is 10.2. The minimum Gasteiger partial charge on any atom is -0.429 e. The third-order valence-corrected chi connectivity index (χ3v) is 7.00. The zero-order valence-corrected chi connectivity index (χ0v) is 23.4. The number of azo groups is 3. The van der Waals surface area contributed by atoms with Gasteiger partial charge in [0.15, 0.2) is 0 Å². The van der Waals surface area contributed by atoms with Crippen molar-refractivity contribution in [3.8, 4) is 5.75 Å². The highest BCUT2D eigenvalue weighted by Crippen LogP contribution is 2.37. The molecule has 43 heavy (non-hydrogen) atoms. The maximum Gasteiger partial charge on any atom is 0.298 e. The Hall–Kier alpha value is -5.66. The normalized spacial score (nSPS) is 12.0. The van der Waals surface area contributed by atoms with Crippen LogP contribution in [0.4, 0.5) is 39.8 Å². The summed E-state index contributed by atoms with van der Waals surface area (Å²) in [5, 5.41) is 26.7. The molecule has 0 fully saturated rings. The molecule has 12 nitrogen and oxygen atoms in total. The van der Waals surface area contributed by atoms with Crippen LogP contribution in [0.5, 0.6) is 5.75 Å². The van der Waals surface area contributed by atoms with Crippen molar-refractivity contribution >= 4 is 67.2 Å². The molecule has 5 aromatic rings. The van der Waals surface area contributed by atoms with Gasteiger partial charge in [0.05, 0.1) is 39.0 Å². The molecule has 0 aromatic heterocycles. The molecule has 13 heteroatoms. The van der Waals surface area contributed by atoms with Gasteiger partial charge in [0.1, 0.15) is 5.75 Å². The van der Waals surface area contributed by atoms with Crippen molar-refractivity contribution in [3.05, 3.63) is 103 Å². The topological polar surface area (TPSA) is 181 Å². The largest absolute Gasteiger partial charge is 0.429 e. The Labute approximate surface area is 246 Å². The number of rotatable bonds is 9. The van der Waals surface area contributed by atoms with Crippen LogP contribution in [0.15, 0.2) is 133 Å². The number of nitrogen functional groups attached to an aromatic ring is 1. The Morgan fingerprint density at radius 2 is 1.19 bits per heavy atom. The van der Waals surface area contributed by atoms with Crippen molar-refractivity contribution in [1.29, 1.82) is 0 Å². The monoisotopic (exact) mass is 593 g/mol. The number of anilines is 1. The molecule has 0 unspecified atom stereocenters. The molecule has 0 spiro atoms. The van der Waals surface area contributed by atoms with E-state index in [-0.39, 0.29) is 4.90 Å². The van der Waals surface area contributed by atoms with Crippen LogP contribution < -0.4 is 10.5 Å². The number of aryl methyl sites for hydroxylation is 1. The summed E-state index contributed by atoms with van der Waals surface area (Å²) in [6, 6.07) is 26.1. The third kappa shape index (κ3) is 7.16. The number of benzene rings is 5. The maximum atomic E-state index is 11.9. The molecule has 0 bridgehead atoms. The number of carbonyl (C=O) groups is 1. The summed E-state index contributed by atoms with van der Waals surface area (Å²) in [6.07, 6.45) is 0. The van der Waals surface area contributed by atoms with Crippen LogP contribution in [0, 0.1) is 6.92 Å². The van der Waals surface area contributed by atoms with Crippen LogP contribution in [0.1, 0.15) is 5.56 Å². The second-order valence-corrected chi connectivity index (χ2v) is 10.6. The van der Waals surface area contributed by atoms with Crippen molar-refractivity contribution in [2.45, 2.75) is 11.8 Å². The average molecular weight is 594 g/mol. The van der Waals surface area contributed by atoms with E-state index in [0.29, 0.717) is 62.8 Å². The number of ether oxygens (including phenoxy) is 1. The Bertz CT molecular complexity index is 2010. The summed E-state index contributed by atoms with van der Waals surface area (Å²) < 4.78 is 38.1. The van der Waals surface area contributed by atoms with Crippen LogP contribution in [-0.4, -0.2) is 19.4 Å². The van der Waals surface area contributed by atoms with Gasteiger partial charge in [-0.05, 0) is 103 Å². The van der Waals surface area contributed by atoms with Crippen LogP contribution in [-0.2, 0) is 14.9 Å². The Morgan fingerprint density at radius 1 is 0.651 bits per heavy atom. The van der Waals surface area contributed by atoms with E-state index in [4.69, 9.17) is 10.5 Å². The number of fused-ring (bicyclic) bond motifs is 1. The molecule has 214 valence electrons. The van der Waals surface area contributed by atoms with Gasteiger partial charge >= 0.3 is 0 Å². The first-order chi connectivity index (χ1) is 20.7. The van der Waals surface area contributed by atoms with Crippen molar-refractivity contribution in [2.24, 2.45) is 30.7 Å². The SMILES string of the molecule is Cc1cc(N=Nc2ccc(N=Nc3ccc(N)cc3)c3ccc(S(=O)(=O)O)cc23)ccc1N=Nc1ccc(OC=O)cc1. The summed E-state index contributed by atoms with van der Waals surface area (Å²) in [4.78, 5) is 10.1. The van der Waals surface area contributed by atoms with E-state index in [1.54, 1.807) is 78.9 Å². The smallest absolute Gasteiger partial charge is 0.298 e. The van der Waals surface area contributed by atoms with Gasteiger partial charge in [0.2, 0.25) is 0 Å². The Kier molecular flexibility index (Phi) is 8.36. The first kappa shape index (κ1) is 28.9. The van der Waals surface area contributed by atoms with Crippen LogP contribution >= 0.6 is 0 Å². The van der Waals surface area contributed by atoms with Crippen LogP contribution in [0.25, 0.3) is 10.8 Å². The van der Waals surface area contributed by atoms with E-state index in [9.17, 15) is 17.8 Å². The maximum absolute atomic E-state index is 11.9. The second-order valence-electron chi connectivity index (χ2n) is 9.16. The summed E-state index contributed by atoms with van der Waals surface area (Å²) >= 11 is 0. The van der Waals surface area contributed by atoms with Gasteiger partial charge in [-0.3, -0.25) is 9.35 Å². The zero-order valence-electron chi connectivity index (χ0n) is 22.6. The molecule has 3 N–H and O–H groups in total. The van der Waals surface area contributed by atoms with E-state index in [2.05, 4.69) is 30.7 Å². The highest BCUT2D eigenvalue weighted by Gasteiger charge is 2.14. The van der Waals surface area contributed by atoms with Crippen molar-refractivity contribution in [1.82, 2.24) is 0 Å². The number of carbonyl (C=O) groups excluding carboxylic acids is 1. The molecule has 5 rings (SSSR count). The second kappa shape index (κ2) is 12.5. The molecule has 0 aliphatic heterocycles. The van der Waals surface area contributed by atoms with Crippen molar-refractivity contribution in [3.63, 3.8) is 0 Å². The summed E-state index contributed by atoms with van der Waals surface area (Å²) in [6.45, 7) is 2.20. The van der Waals surface area contributed by atoms with Crippen molar-refractivity contribution < 1.29 is 22.5 Å². The van der Waals surface area contributed by atoms with Gasteiger partial charge in [-0.15, -0.1) is 10.2 Å². The third-order valence-electron chi connectivity index (χ3n) is 6.15. The zero-order chi connectivity index (χ0) is 30.4. The molecule has 0 amide bonds. The lowest BCUT2D eigenvalue weighted by molar-refractivity contribution is -0.120. The first-order valence-electron chi connectivity index (χ1n) is 12.7. The van der Waals surface area contributed by atoms with E-state index in [1.165, 1.54) is 18.2 Å². The van der Waals surface area contributed by atoms with Crippen LogP contribution in [0.3, 0.4) is 0 Å². The minimum absolute atomic E-state index is 0.291. The molecule has 0 aliphatic carbocycles. The molecule has 0 atom stereocenters. The lowest BCUT2D eigenvalue weighted by Crippen LogP contribution is -1.97. The molecule has 0 radical (unpaired) electrons. The highest BCUT2D eigenvalue weighted by molar-refractivity contribution is 7.85. The quantitative estimate of drug-likeness (QED) is 0.0745. The van der Waals surface area contributed by atoms with E-state index < -0.39 is 10.1 Å². The van der Waals surface area contributed by atoms with Gasteiger partial charge in [0, 0.05) is 16.5 Å².